The lowest BCUT2D eigenvalue weighted by Gasteiger charge is -2.02. The summed E-state index contributed by atoms with van der Waals surface area (Å²) < 4.78 is 4.43. The lowest BCUT2D eigenvalue weighted by Crippen LogP contribution is -2.10. The molecule has 1 saturated heterocycles. The van der Waals surface area contributed by atoms with Crippen LogP contribution in [0.2, 0.25) is 0 Å². The Kier molecular flexibility index (Phi) is 4.28. The predicted octanol–water partition coefficient (Wildman–Crippen LogP) is 1.75. The van der Waals surface area contributed by atoms with Crippen molar-refractivity contribution < 1.29 is 14.3 Å². The number of ether oxygens (including phenoxy) is 1. The highest BCUT2D eigenvalue weighted by Crippen LogP contribution is 2.23. The number of cyclic esters (lactones) is 2. The average Bonchev–Trinajstić information content (AvgIpc) is 2.39. The summed E-state index contributed by atoms with van der Waals surface area (Å²) in [6.45, 7) is 2.14. The zero-order valence-electron chi connectivity index (χ0n) is 7.75. The second kappa shape index (κ2) is 5.27. The van der Waals surface area contributed by atoms with Gasteiger partial charge in [0.1, 0.15) is 5.25 Å². The van der Waals surface area contributed by atoms with Crippen molar-refractivity contribution in [3.05, 3.63) is 0 Å². The van der Waals surface area contributed by atoms with E-state index >= 15 is 0 Å². The normalized spacial score (nSPS) is 22.1. The Morgan fingerprint density at radius 1 is 1.46 bits per heavy atom. The molecule has 74 valence electrons. The smallest absolute Gasteiger partial charge is 0.327 e. The second-order valence-electron chi connectivity index (χ2n) is 3.06. The first-order chi connectivity index (χ1) is 6.24. The minimum Gasteiger partial charge on any atom is -0.392 e. The molecule has 0 aliphatic carbocycles. The lowest BCUT2D eigenvalue weighted by atomic mass is 10.3. The molecule has 13 heavy (non-hydrogen) atoms. The van der Waals surface area contributed by atoms with E-state index in [0.29, 0.717) is 0 Å². The van der Waals surface area contributed by atoms with Gasteiger partial charge in [-0.3, -0.25) is 9.59 Å². The zero-order chi connectivity index (χ0) is 9.68. The maximum absolute atomic E-state index is 11.0. The molecule has 1 fully saturated rings. The summed E-state index contributed by atoms with van der Waals surface area (Å²) in [6.07, 6.45) is 3.73. The molecule has 1 unspecified atom stereocenters. The van der Waals surface area contributed by atoms with Gasteiger partial charge in [0.2, 0.25) is 0 Å². The van der Waals surface area contributed by atoms with E-state index in [4.69, 9.17) is 0 Å². The van der Waals surface area contributed by atoms with Crippen molar-refractivity contribution in [2.75, 3.05) is 5.75 Å². The minimum absolute atomic E-state index is 0.232. The molecule has 0 N–H and O–H groups in total. The molecule has 0 spiro atoms. The Labute approximate surface area is 82.2 Å². The van der Waals surface area contributed by atoms with Gasteiger partial charge in [-0.05, 0) is 12.2 Å². The minimum atomic E-state index is -0.377. The van der Waals surface area contributed by atoms with E-state index in [2.05, 4.69) is 11.7 Å². The molecule has 0 radical (unpaired) electrons. The van der Waals surface area contributed by atoms with Crippen LogP contribution in [-0.2, 0) is 14.3 Å². The summed E-state index contributed by atoms with van der Waals surface area (Å²) in [6, 6.07) is 0. The fourth-order valence-corrected chi connectivity index (χ4v) is 2.25. The molecule has 3 nitrogen and oxygen atoms in total. The van der Waals surface area contributed by atoms with Crippen molar-refractivity contribution in [3.63, 3.8) is 0 Å². The molecule has 1 heterocycles. The predicted molar refractivity (Wildman–Crippen MR) is 51.5 cm³/mol. The third kappa shape index (κ3) is 3.38. The summed E-state index contributed by atoms with van der Waals surface area (Å²) in [5.74, 6) is 0.213. The highest BCUT2D eigenvalue weighted by molar-refractivity contribution is 8.00. The van der Waals surface area contributed by atoms with E-state index in [1.165, 1.54) is 12.8 Å². The quantitative estimate of drug-likeness (QED) is 0.387. The highest BCUT2D eigenvalue weighted by atomic mass is 32.2. The van der Waals surface area contributed by atoms with Crippen molar-refractivity contribution in [2.45, 2.75) is 37.9 Å². The van der Waals surface area contributed by atoms with Gasteiger partial charge in [0.25, 0.3) is 0 Å². The van der Waals surface area contributed by atoms with Crippen LogP contribution in [0.15, 0.2) is 0 Å². The fourth-order valence-electron chi connectivity index (χ4n) is 1.16. The SMILES string of the molecule is CCCCCSC1CC(=O)OC1=O. The van der Waals surface area contributed by atoms with Crippen LogP contribution in [0.4, 0.5) is 0 Å². The molecule has 1 aliphatic heterocycles. The summed E-state index contributed by atoms with van der Waals surface area (Å²) in [4.78, 5) is 21.7. The number of carbonyl (C=O) groups excluding carboxylic acids is 2. The van der Waals surface area contributed by atoms with Crippen LogP contribution in [0.3, 0.4) is 0 Å². The molecule has 0 amide bonds. The van der Waals surface area contributed by atoms with Crippen molar-refractivity contribution in [3.8, 4) is 0 Å². The van der Waals surface area contributed by atoms with Crippen LogP contribution in [-0.4, -0.2) is 22.9 Å². The Hall–Kier alpha value is -0.510. The molecule has 1 aliphatic rings. The number of carbonyl (C=O) groups is 2. The number of thioether (sulfide) groups is 1. The van der Waals surface area contributed by atoms with Gasteiger partial charge in [0.15, 0.2) is 0 Å². The lowest BCUT2D eigenvalue weighted by molar-refractivity contribution is -0.151. The Morgan fingerprint density at radius 3 is 2.77 bits per heavy atom. The van der Waals surface area contributed by atoms with Gasteiger partial charge in [-0.25, -0.2) is 0 Å². The third-order valence-electron chi connectivity index (χ3n) is 1.90. The summed E-state index contributed by atoms with van der Waals surface area (Å²) in [7, 11) is 0. The fraction of sp³-hybridized carbons (Fsp3) is 0.778. The number of unbranched alkanes of at least 4 members (excludes halogenated alkanes) is 2. The van der Waals surface area contributed by atoms with E-state index in [0.717, 1.165) is 12.2 Å². The van der Waals surface area contributed by atoms with Crippen molar-refractivity contribution in [2.24, 2.45) is 0 Å². The van der Waals surface area contributed by atoms with Crippen molar-refractivity contribution in [1.82, 2.24) is 0 Å². The molecule has 0 aromatic carbocycles. The molecule has 0 aromatic heterocycles. The molecular formula is C9H14O3S. The van der Waals surface area contributed by atoms with Gasteiger partial charge in [-0.15, -0.1) is 11.8 Å². The van der Waals surface area contributed by atoms with Crippen molar-refractivity contribution >= 4 is 23.7 Å². The zero-order valence-corrected chi connectivity index (χ0v) is 8.56. The molecule has 1 rings (SSSR count). The Morgan fingerprint density at radius 2 is 2.23 bits per heavy atom. The van der Waals surface area contributed by atoms with Crippen LogP contribution in [0, 0.1) is 0 Å². The summed E-state index contributed by atoms with van der Waals surface area (Å²) >= 11 is 1.54. The summed E-state index contributed by atoms with van der Waals surface area (Å²) in [5, 5.41) is -0.232. The number of esters is 2. The van der Waals surface area contributed by atoms with Gasteiger partial charge in [0, 0.05) is 0 Å². The maximum Gasteiger partial charge on any atom is 0.327 e. The number of hydrogen-bond acceptors (Lipinski definition) is 4. The standard InChI is InChI=1S/C9H14O3S/c1-2-3-4-5-13-7-6-8(10)12-9(7)11/h7H,2-6H2,1H3. The van der Waals surface area contributed by atoms with Gasteiger partial charge >= 0.3 is 11.9 Å². The van der Waals surface area contributed by atoms with Crippen LogP contribution >= 0.6 is 11.8 Å². The number of hydrogen-bond donors (Lipinski definition) is 0. The van der Waals surface area contributed by atoms with E-state index in [9.17, 15) is 9.59 Å². The molecule has 0 aromatic rings. The Bertz CT molecular complexity index is 203. The van der Waals surface area contributed by atoms with E-state index < -0.39 is 0 Å². The molecular weight excluding hydrogens is 188 g/mol. The highest BCUT2D eigenvalue weighted by Gasteiger charge is 2.33. The summed E-state index contributed by atoms with van der Waals surface area (Å²) in [5.41, 5.74) is 0. The molecule has 1 atom stereocenters. The van der Waals surface area contributed by atoms with Gasteiger partial charge < -0.3 is 4.74 Å². The Balaban J connectivity index is 2.14. The van der Waals surface area contributed by atoms with Crippen LogP contribution in [0.5, 0.6) is 0 Å². The van der Waals surface area contributed by atoms with Crippen LogP contribution < -0.4 is 0 Å². The van der Waals surface area contributed by atoms with Gasteiger partial charge in [0.05, 0.1) is 6.42 Å². The van der Waals surface area contributed by atoms with E-state index in [1.807, 2.05) is 0 Å². The third-order valence-corrected chi connectivity index (χ3v) is 3.18. The van der Waals surface area contributed by atoms with Crippen molar-refractivity contribution in [1.29, 1.82) is 0 Å². The maximum atomic E-state index is 11.0. The first-order valence-electron chi connectivity index (χ1n) is 4.60. The number of rotatable bonds is 5. The topological polar surface area (TPSA) is 43.4 Å². The first kappa shape index (κ1) is 10.6. The van der Waals surface area contributed by atoms with Gasteiger partial charge in [-0.2, -0.15) is 0 Å². The molecule has 0 bridgehead atoms. The van der Waals surface area contributed by atoms with Gasteiger partial charge in [-0.1, -0.05) is 19.8 Å². The van der Waals surface area contributed by atoms with Crippen LogP contribution in [0.1, 0.15) is 32.6 Å². The average molecular weight is 202 g/mol. The largest absolute Gasteiger partial charge is 0.392 e. The van der Waals surface area contributed by atoms with Crippen LogP contribution in [0.25, 0.3) is 0 Å². The molecule has 0 saturated carbocycles. The first-order valence-corrected chi connectivity index (χ1v) is 5.65. The second-order valence-corrected chi connectivity index (χ2v) is 4.37. The molecule has 4 heteroatoms. The monoisotopic (exact) mass is 202 g/mol. The van der Waals surface area contributed by atoms with E-state index in [1.54, 1.807) is 11.8 Å². The van der Waals surface area contributed by atoms with E-state index in [-0.39, 0.29) is 23.6 Å².